The van der Waals surface area contributed by atoms with Gasteiger partial charge in [0, 0.05) is 16.5 Å². The van der Waals surface area contributed by atoms with Crippen molar-refractivity contribution in [1.29, 1.82) is 0 Å². The second-order valence-corrected chi connectivity index (χ2v) is 5.43. The van der Waals surface area contributed by atoms with E-state index in [1.54, 1.807) is 18.2 Å². The number of benzene rings is 1. The second-order valence-electron chi connectivity index (χ2n) is 3.97. The summed E-state index contributed by atoms with van der Waals surface area (Å²) in [5.74, 6) is -0.916. The van der Waals surface area contributed by atoms with Gasteiger partial charge >= 0.3 is 5.97 Å². The average molecular weight is 303 g/mol. The van der Waals surface area contributed by atoms with E-state index in [1.165, 1.54) is 11.8 Å². The van der Waals surface area contributed by atoms with E-state index in [4.69, 9.17) is 22.4 Å². The molecular formula is C12H15ClN2O3S. The van der Waals surface area contributed by atoms with Gasteiger partial charge in [0.05, 0.1) is 5.75 Å². The first kappa shape index (κ1) is 15.8. The molecule has 0 aliphatic rings. The Morgan fingerprint density at radius 3 is 2.79 bits per heavy atom. The molecule has 0 unspecified atom stereocenters. The number of aryl methyl sites for hydroxylation is 1. The maximum atomic E-state index is 11.6. The fourth-order valence-electron chi connectivity index (χ4n) is 1.30. The Morgan fingerprint density at radius 1 is 1.53 bits per heavy atom. The van der Waals surface area contributed by atoms with Gasteiger partial charge in [-0.15, -0.1) is 11.8 Å². The van der Waals surface area contributed by atoms with Crippen LogP contribution >= 0.6 is 23.4 Å². The number of halogens is 1. The van der Waals surface area contributed by atoms with Crippen LogP contribution in [0, 0.1) is 6.92 Å². The van der Waals surface area contributed by atoms with Crippen molar-refractivity contribution >= 4 is 40.9 Å². The molecule has 0 radical (unpaired) electrons. The second kappa shape index (κ2) is 7.37. The van der Waals surface area contributed by atoms with Gasteiger partial charge in [-0.25, -0.2) is 0 Å². The van der Waals surface area contributed by atoms with Crippen LogP contribution in [-0.2, 0) is 9.59 Å². The van der Waals surface area contributed by atoms with Gasteiger partial charge in [-0.3, -0.25) is 9.59 Å². The number of rotatable bonds is 6. The number of aliphatic carboxylic acids is 1. The summed E-state index contributed by atoms with van der Waals surface area (Å²) in [6.07, 6.45) is 0. The summed E-state index contributed by atoms with van der Waals surface area (Å²) in [5.41, 5.74) is 6.89. The van der Waals surface area contributed by atoms with E-state index < -0.39 is 12.0 Å². The van der Waals surface area contributed by atoms with Crippen molar-refractivity contribution in [2.45, 2.75) is 13.0 Å². The van der Waals surface area contributed by atoms with E-state index in [2.05, 4.69) is 5.32 Å². The lowest BCUT2D eigenvalue weighted by atomic mass is 10.2. The van der Waals surface area contributed by atoms with Crippen LogP contribution in [0.5, 0.6) is 0 Å². The first-order chi connectivity index (χ1) is 8.90. The maximum Gasteiger partial charge on any atom is 0.321 e. The summed E-state index contributed by atoms with van der Waals surface area (Å²) >= 11 is 7.00. The maximum absolute atomic E-state index is 11.6. The van der Waals surface area contributed by atoms with Crippen LogP contribution in [0.25, 0.3) is 0 Å². The molecular weight excluding hydrogens is 288 g/mol. The molecule has 0 spiro atoms. The number of anilines is 1. The standard InChI is InChI=1S/C12H15ClN2O3S/c1-7-4-8(13)2-3-10(7)15-11(16)6-19-5-9(14)12(17)18/h2-4,9H,5-6,14H2,1H3,(H,15,16)(H,17,18)/t9-/m1/s1. The number of hydrogen-bond donors (Lipinski definition) is 3. The average Bonchev–Trinajstić information content (AvgIpc) is 2.32. The number of hydrogen-bond acceptors (Lipinski definition) is 4. The van der Waals surface area contributed by atoms with Crippen molar-refractivity contribution in [3.05, 3.63) is 28.8 Å². The Labute approximate surface area is 120 Å². The lowest BCUT2D eigenvalue weighted by molar-refractivity contribution is -0.137. The van der Waals surface area contributed by atoms with Crippen molar-refractivity contribution in [3.8, 4) is 0 Å². The summed E-state index contributed by atoms with van der Waals surface area (Å²) < 4.78 is 0. The molecule has 4 N–H and O–H groups in total. The molecule has 7 heteroatoms. The fraction of sp³-hybridized carbons (Fsp3) is 0.333. The Bertz CT molecular complexity index is 482. The topological polar surface area (TPSA) is 92.4 Å². The van der Waals surface area contributed by atoms with Crippen LogP contribution in [0.4, 0.5) is 5.69 Å². The zero-order valence-electron chi connectivity index (χ0n) is 10.4. The number of nitrogens with two attached hydrogens (primary N) is 1. The molecule has 1 aromatic rings. The monoisotopic (exact) mass is 302 g/mol. The first-order valence-electron chi connectivity index (χ1n) is 5.52. The van der Waals surface area contributed by atoms with Crippen molar-refractivity contribution in [2.24, 2.45) is 5.73 Å². The van der Waals surface area contributed by atoms with Gasteiger partial charge in [-0.2, -0.15) is 0 Å². The Kier molecular flexibility index (Phi) is 6.14. The van der Waals surface area contributed by atoms with Gasteiger partial charge in [0.25, 0.3) is 0 Å². The Morgan fingerprint density at radius 2 is 2.21 bits per heavy atom. The minimum Gasteiger partial charge on any atom is -0.480 e. The third kappa shape index (κ3) is 5.50. The van der Waals surface area contributed by atoms with Gasteiger partial charge in [-0.05, 0) is 30.7 Å². The first-order valence-corrected chi connectivity index (χ1v) is 7.05. The zero-order chi connectivity index (χ0) is 14.4. The molecule has 0 aliphatic carbocycles. The quantitative estimate of drug-likeness (QED) is 0.744. The predicted molar refractivity (Wildman–Crippen MR) is 77.8 cm³/mol. The number of carboxylic acids is 1. The minimum absolute atomic E-state index is 0.156. The van der Waals surface area contributed by atoms with E-state index in [-0.39, 0.29) is 17.4 Å². The summed E-state index contributed by atoms with van der Waals surface area (Å²) in [7, 11) is 0. The molecule has 0 heterocycles. The van der Waals surface area contributed by atoms with E-state index >= 15 is 0 Å². The van der Waals surface area contributed by atoms with Crippen molar-refractivity contribution < 1.29 is 14.7 Å². The highest BCUT2D eigenvalue weighted by molar-refractivity contribution is 8.00. The normalized spacial score (nSPS) is 11.9. The molecule has 0 saturated carbocycles. The molecule has 0 aromatic heterocycles. The van der Waals surface area contributed by atoms with Gasteiger partial charge in [0.2, 0.25) is 5.91 Å². The lowest BCUT2D eigenvalue weighted by Crippen LogP contribution is -2.33. The van der Waals surface area contributed by atoms with E-state index in [9.17, 15) is 9.59 Å². The summed E-state index contributed by atoms with van der Waals surface area (Å²) in [6.45, 7) is 1.84. The van der Waals surface area contributed by atoms with Crippen LogP contribution in [0.3, 0.4) is 0 Å². The molecule has 0 fully saturated rings. The summed E-state index contributed by atoms with van der Waals surface area (Å²) in [4.78, 5) is 22.1. The van der Waals surface area contributed by atoms with Crippen molar-refractivity contribution in [1.82, 2.24) is 0 Å². The number of carbonyl (C=O) groups excluding carboxylic acids is 1. The molecule has 104 valence electrons. The van der Waals surface area contributed by atoms with Gasteiger partial charge in [0.1, 0.15) is 6.04 Å². The van der Waals surface area contributed by atoms with Crippen molar-refractivity contribution in [2.75, 3.05) is 16.8 Å². The summed E-state index contributed by atoms with van der Waals surface area (Å²) in [5, 5.41) is 11.9. The third-order valence-corrected chi connectivity index (χ3v) is 3.61. The smallest absolute Gasteiger partial charge is 0.321 e. The largest absolute Gasteiger partial charge is 0.480 e. The molecule has 0 aliphatic heterocycles. The number of thioether (sulfide) groups is 1. The molecule has 0 saturated heterocycles. The number of nitrogens with one attached hydrogen (secondary N) is 1. The van der Waals surface area contributed by atoms with E-state index in [1.807, 2.05) is 6.92 Å². The molecule has 1 aromatic carbocycles. The highest BCUT2D eigenvalue weighted by Gasteiger charge is 2.12. The number of carboxylic acid groups (broad SMARTS) is 1. The van der Waals surface area contributed by atoms with Crippen LogP contribution in [0.1, 0.15) is 5.56 Å². The lowest BCUT2D eigenvalue weighted by Gasteiger charge is -2.09. The third-order valence-electron chi connectivity index (χ3n) is 2.31. The molecule has 1 rings (SSSR count). The highest BCUT2D eigenvalue weighted by Crippen LogP contribution is 2.19. The highest BCUT2D eigenvalue weighted by atomic mass is 35.5. The Balaban J connectivity index is 2.41. The van der Waals surface area contributed by atoms with E-state index in [0.717, 1.165) is 5.56 Å². The van der Waals surface area contributed by atoms with Crippen LogP contribution in [0.2, 0.25) is 5.02 Å². The number of carbonyl (C=O) groups is 2. The SMILES string of the molecule is Cc1cc(Cl)ccc1NC(=O)CSC[C@@H](N)C(=O)O. The van der Waals surface area contributed by atoms with Crippen LogP contribution in [-0.4, -0.2) is 34.5 Å². The predicted octanol–water partition coefficient (Wildman–Crippen LogP) is 1.73. The Hall–Kier alpha value is -1.24. The minimum atomic E-state index is -1.07. The molecule has 1 amide bonds. The molecule has 5 nitrogen and oxygen atoms in total. The fourth-order valence-corrected chi connectivity index (χ4v) is 2.30. The molecule has 1 atom stereocenters. The van der Waals surface area contributed by atoms with Gasteiger partial charge < -0.3 is 16.2 Å². The zero-order valence-corrected chi connectivity index (χ0v) is 11.9. The summed E-state index contributed by atoms with van der Waals surface area (Å²) in [6, 6.07) is 4.22. The van der Waals surface area contributed by atoms with Crippen molar-refractivity contribution in [3.63, 3.8) is 0 Å². The molecule has 19 heavy (non-hydrogen) atoms. The van der Waals surface area contributed by atoms with Gasteiger partial charge in [0.15, 0.2) is 0 Å². The number of amides is 1. The van der Waals surface area contributed by atoms with Crippen LogP contribution < -0.4 is 11.1 Å². The van der Waals surface area contributed by atoms with E-state index in [0.29, 0.717) is 10.7 Å². The molecule has 0 bridgehead atoms. The van der Waals surface area contributed by atoms with Crippen LogP contribution in [0.15, 0.2) is 18.2 Å². The van der Waals surface area contributed by atoms with Gasteiger partial charge in [-0.1, -0.05) is 11.6 Å².